The number of anilines is 2. The number of carbonyl (C=O) groups excluding carboxylic acids is 1. The van der Waals surface area contributed by atoms with Crippen molar-refractivity contribution in [1.82, 2.24) is 9.29 Å². The van der Waals surface area contributed by atoms with Crippen molar-refractivity contribution in [2.24, 2.45) is 5.73 Å². The number of hydrogen-bond donors (Lipinski definition) is 1. The van der Waals surface area contributed by atoms with Gasteiger partial charge in [0.25, 0.3) is 0 Å². The highest BCUT2D eigenvalue weighted by atomic mass is 35.5. The van der Waals surface area contributed by atoms with Crippen LogP contribution >= 0.6 is 11.6 Å². The van der Waals surface area contributed by atoms with Gasteiger partial charge in [0.1, 0.15) is 22.9 Å². The zero-order valence-electron chi connectivity index (χ0n) is 18.0. The predicted octanol–water partition coefficient (Wildman–Crippen LogP) is 2.69. The molecule has 2 aromatic rings. The van der Waals surface area contributed by atoms with Crippen LogP contribution < -0.4 is 15.5 Å². The third kappa shape index (κ3) is 5.15. The first-order valence-electron chi connectivity index (χ1n) is 10.4. The third-order valence-electron chi connectivity index (χ3n) is 5.66. The molecule has 9 nitrogen and oxygen atoms in total. The molecule has 15 heteroatoms. The molecular weight excluding hydrogens is 518 g/mol. The Balaban J connectivity index is 1.48. The van der Waals surface area contributed by atoms with Crippen molar-refractivity contribution in [3.63, 3.8) is 0 Å². The fourth-order valence-corrected chi connectivity index (χ4v) is 5.46. The van der Waals surface area contributed by atoms with Gasteiger partial charge in [0.15, 0.2) is 0 Å². The smallest absolute Gasteiger partial charge is 0.416 e. The van der Waals surface area contributed by atoms with Crippen LogP contribution in [-0.2, 0) is 20.9 Å². The van der Waals surface area contributed by atoms with Gasteiger partial charge in [-0.25, -0.2) is 22.6 Å². The number of pyridine rings is 1. The van der Waals surface area contributed by atoms with Gasteiger partial charge in [-0.3, -0.25) is 4.90 Å². The maximum Gasteiger partial charge on any atom is 0.416 e. The molecule has 3 heterocycles. The van der Waals surface area contributed by atoms with Crippen molar-refractivity contribution in [3.8, 4) is 0 Å². The van der Waals surface area contributed by atoms with Crippen LogP contribution in [0.1, 0.15) is 5.56 Å². The normalized spacial score (nSPS) is 19.8. The van der Waals surface area contributed by atoms with Crippen molar-refractivity contribution in [2.45, 2.75) is 17.2 Å². The molecule has 2 aliphatic heterocycles. The summed E-state index contributed by atoms with van der Waals surface area (Å²) in [6.07, 6.45) is -5.99. The second-order valence-corrected chi connectivity index (χ2v) is 10.2. The summed E-state index contributed by atoms with van der Waals surface area (Å²) >= 11 is 5.74. The summed E-state index contributed by atoms with van der Waals surface area (Å²) < 4.78 is 86.2. The molecule has 2 fully saturated rings. The zero-order valence-corrected chi connectivity index (χ0v) is 19.6. The van der Waals surface area contributed by atoms with Crippen LogP contribution in [0.4, 0.5) is 33.9 Å². The number of hydrogen-bond acceptors (Lipinski definition) is 7. The van der Waals surface area contributed by atoms with Crippen LogP contribution in [0, 0.1) is 5.82 Å². The number of sulfonamides is 1. The molecule has 4 rings (SSSR count). The van der Waals surface area contributed by atoms with Gasteiger partial charge in [-0.1, -0.05) is 11.6 Å². The van der Waals surface area contributed by atoms with E-state index in [9.17, 15) is 30.8 Å². The summed E-state index contributed by atoms with van der Waals surface area (Å²) in [5.41, 5.74) is 4.38. The Labute approximate surface area is 203 Å². The second kappa shape index (κ2) is 9.41. The van der Waals surface area contributed by atoms with E-state index in [1.807, 2.05) is 0 Å². The maximum absolute atomic E-state index is 14.8. The highest BCUT2D eigenvalue weighted by Gasteiger charge is 2.36. The van der Waals surface area contributed by atoms with E-state index in [1.165, 1.54) is 17.0 Å². The molecule has 35 heavy (non-hydrogen) atoms. The first-order chi connectivity index (χ1) is 16.4. The van der Waals surface area contributed by atoms with Gasteiger partial charge in [0.05, 0.1) is 22.7 Å². The van der Waals surface area contributed by atoms with Crippen molar-refractivity contribution in [1.29, 1.82) is 0 Å². The SMILES string of the molecule is NCC1CN(c2ccc(S(=O)(=O)N3CCN(c4cc(C(F)(F)F)cc(Cl)n4)CC3)cc2F)C(=O)O1. The molecule has 1 aromatic heterocycles. The average Bonchev–Trinajstić information content (AvgIpc) is 3.18. The molecule has 0 bridgehead atoms. The minimum absolute atomic E-state index is 0.0226. The quantitative estimate of drug-likeness (QED) is 0.461. The molecule has 190 valence electrons. The van der Waals surface area contributed by atoms with Crippen molar-refractivity contribution in [2.75, 3.05) is 49.1 Å². The van der Waals surface area contributed by atoms with Crippen molar-refractivity contribution >= 4 is 39.2 Å². The van der Waals surface area contributed by atoms with E-state index in [-0.39, 0.29) is 60.8 Å². The minimum Gasteiger partial charge on any atom is -0.443 e. The fourth-order valence-electron chi connectivity index (χ4n) is 3.82. The van der Waals surface area contributed by atoms with E-state index < -0.39 is 39.8 Å². The van der Waals surface area contributed by atoms with Crippen LogP contribution in [0.2, 0.25) is 5.15 Å². The standard InChI is InChI=1S/C20H20ClF4N5O4S/c21-17-7-12(20(23,24)25)8-18(27-17)28-3-5-29(6-4-28)35(32,33)14-1-2-16(15(22)9-14)30-11-13(10-26)34-19(30)31/h1-2,7-9,13H,3-6,10-11,26H2. The van der Waals surface area contributed by atoms with E-state index >= 15 is 0 Å². The number of cyclic esters (lactones) is 1. The van der Waals surface area contributed by atoms with Crippen LogP contribution in [0.15, 0.2) is 35.2 Å². The number of nitrogens with zero attached hydrogens (tertiary/aromatic N) is 4. The van der Waals surface area contributed by atoms with Crippen molar-refractivity contribution < 1.29 is 35.5 Å². The molecule has 1 aromatic carbocycles. The van der Waals surface area contributed by atoms with Gasteiger partial charge in [0.2, 0.25) is 10.0 Å². The molecule has 1 amide bonds. The van der Waals surface area contributed by atoms with Gasteiger partial charge >= 0.3 is 12.3 Å². The van der Waals surface area contributed by atoms with Crippen LogP contribution in [0.3, 0.4) is 0 Å². The van der Waals surface area contributed by atoms with E-state index in [0.717, 1.165) is 21.3 Å². The number of halogens is 5. The molecule has 0 aliphatic carbocycles. The van der Waals surface area contributed by atoms with Gasteiger partial charge in [-0.15, -0.1) is 0 Å². The van der Waals surface area contributed by atoms with Gasteiger partial charge in [0, 0.05) is 32.7 Å². The van der Waals surface area contributed by atoms with E-state index in [4.69, 9.17) is 22.1 Å². The first-order valence-corrected chi connectivity index (χ1v) is 12.2. The summed E-state index contributed by atoms with van der Waals surface area (Å²) in [5.74, 6) is -0.951. The third-order valence-corrected chi connectivity index (χ3v) is 7.74. The first kappa shape index (κ1) is 25.4. The van der Waals surface area contributed by atoms with Gasteiger partial charge < -0.3 is 15.4 Å². The number of nitrogens with two attached hydrogens (primary N) is 1. The molecule has 0 spiro atoms. The molecule has 1 atom stereocenters. The molecule has 0 radical (unpaired) electrons. The number of carbonyl (C=O) groups is 1. The largest absolute Gasteiger partial charge is 0.443 e. The Hall–Kier alpha value is -2.68. The van der Waals surface area contributed by atoms with Crippen LogP contribution in [0.25, 0.3) is 0 Å². The number of benzene rings is 1. The molecule has 2 N–H and O–H groups in total. The fraction of sp³-hybridized carbons (Fsp3) is 0.400. The molecular formula is C20H20ClF4N5O4S. The van der Waals surface area contributed by atoms with Crippen LogP contribution in [0.5, 0.6) is 0 Å². The lowest BCUT2D eigenvalue weighted by molar-refractivity contribution is -0.137. The summed E-state index contributed by atoms with van der Waals surface area (Å²) in [4.78, 5) is 18.1. The number of aromatic nitrogens is 1. The topological polar surface area (TPSA) is 109 Å². The summed E-state index contributed by atoms with van der Waals surface area (Å²) in [6, 6.07) is 4.73. The summed E-state index contributed by atoms with van der Waals surface area (Å²) in [7, 11) is -4.11. The molecule has 0 saturated carbocycles. The lowest BCUT2D eigenvalue weighted by Crippen LogP contribution is -2.49. The Kier molecular flexibility index (Phi) is 6.83. The molecule has 2 aliphatic rings. The van der Waals surface area contributed by atoms with Gasteiger partial charge in [-0.2, -0.15) is 17.5 Å². The monoisotopic (exact) mass is 537 g/mol. The maximum atomic E-state index is 14.8. The number of piperazine rings is 1. The van der Waals surface area contributed by atoms with E-state index in [2.05, 4.69) is 4.98 Å². The number of rotatable bonds is 5. The van der Waals surface area contributed by atoms with Gasteiger partial charge in [-0.05, 0) is 30.3 Å². The number of ether oxygens (including phenoxy) is 1. The Morgan fingerprint density at radius 3 is 2.40 bits per heavy atom. The Bertz CT molecular complexity index is 1240. The summed E-state index contributed by atoms with van der Waals surface area (Å²) in [5, 5.41) is -0.333. The lowest BCUT2D eigenvalue weighted by atomic mass is 10.2. The number of amides is 1. The van der Waals surface area contributed by atoms with E-state index in [1.54, 1.807) is 0 Å². The lowest BCUT2D eigenvalue weighted by Gasteiger charge is -2.35. The average molecular weight is 538 g/mol. The minimum atomic E-state index is -4.61. The molecule has 1 unspecified atom stereocenters. The highest BCUT2D eigenvalue weighted by Crippen LogP contribution is 2.33. The predicted molar refractivity (Wildman–Crippen MR) is 118 cm³/mol. The van der Waals surface area contributed by atoms with Crippen molar-refractivity contribution in [3.05, 3.63) is 46.9 Å². The zero-order chi connectivity index (χ0) is 25.5. The second-order valence-electron chi connectivity index (χ2n) is 7.89. The Morgan fingerprint density at radius 2 is 1.83 bits per heavy atom. The summed E-state index contributed by atoms with van der Waals surface area (Å²) in [6.45, 7) is 0.0449. The number of alkyl halides is 3. The van der Waals surface area contributed by atoms with Crippen LogP contribution in [-0.4, -0.2) is 69.2 Å². The Morgan fingerprint density at radius 1 is 1.14 bits per heavy atom. The molecule has 2 saturated heterocycles. The van der Waals surface area contributed by atoms with E-state index in [0.29, 0.717) is 6.07 Å². The highest BCUT2D eigenvalue weighted by molar-refractivity contribution is 7.89.